The first-order valence-corrected chi connectivity index (χ1v) is 6.34. The van der Waals surface area contributed by atoms with Gasteiger partial charge in [-0.15, -0.1) is 12.4 Å². The Morgan fingerprint density at radius 1 is 1.06 bits per heavy atom. The number of rotatable bonds is 1. The van der Waals surface area contributed by atoms with Crippen molar-refractivity contribution in [1.82, 2.24) is 0 Å². The van der Waals surface area contributed by atoms with Crippen LogP contribution in [-0.4, -0.2) is 6.54 Å². The minimum Gasteiger partial charge on any atom is -0.385 e. The van der Waals surface area contributed by atoms with E-state index in [4.69, 9.17) is 11.6 Å². The van der Waals surface area contributed by atoms with Gasteiger partial charge in [0, 0.05) is 22.8 Å². The highest BCUT2D eigenvalue weighted by atomic mass is 35.5. The first-order valence-electron chi connectivity index (χ1n) is 5.96. The summed E-state index contributed by atoms with van der Waals surface area (Å²) in [5.41, 5.74) is 4.99. The van der Waals surface area contributed by atoms with Gasteiger partial charge in [0.1, 0.15) is 0 Å². The molecule has 1 nitrogen and oxygen atoms in total. The second kappa shape index (κ2) is 5.64. The summed E-state index contributed by atoms with van der Waals surface area (Å²) in [5, 5.41) is 4.24. The molecule has 0 saturated carbocycles. The smallest absolute Gasteiger partial charge is 0.0484 e. The lowest BCUT2D eigenvalue weighted by Gasteiger charge is -2.19. The Kier molecular flexibility index (Phi) is 4.15. The van der Waals surface area contributed by atoms with Gasteiger partial charge < -0.3 is 5.32 Å². The first-order chi connectivity index (χ1) is 8.34. The van der Waals surface area contributed by atoms with Crippen LogP contribution >= 0.6 is 24.0 Å². The molecule has 18 heavy (non-hydrogen) atoms. The summed E-state index contributed by atoms with van der Waals surface area (Å²) >= 11 is 6.23. The Morgan fingerprint density at radius 3 is 2.72 bits per heavy atom. The summed E-state index contributed by atoms with van der Waals surface area (Å²) < 4.78 is 0. The van der Waals surface area contributed by atoms with Crippen molar-refractivity contribution in [3.8, 4) is 11.1 Å². The molecular formula is C15H15Cl2N. The topological polar surface area (TPSA) is 12.0 Å². The van der Waals surface area contributed by atoms with Crippen LogP contribution in [0.15, 0.2) is 42.5 Å². The second-order valence-corrected chi connectivity index (χ2v) is 4.79. The van der Waals surface area contributed by atoms with Crippen LogP contribution in [-0.2, 0) is 6.42 Å². The summed E-state index contributed by atoms with van der Waals surface area (Å²) in [6.07, 6.45) is 2.36. The molecule has 0 radical (unpaired) electrons. The lowest BCUT2D eigenvalue weighted by molar-refractivity contribution is 0.830. The summed E-state index contributed by atoms with van der Waals surface area (Å²) in [6, 6.07) is 14.5. The molecule has 0 amide bonds. The highest BCUT2D eigenvalue weighted by Gasteiger charge is 2.10. The standard InChI is InChI=1S/C15H14ClN.ClH/c16-14-6-2-1-5-13(14)11-7-8-15-12(10-11)4-3-9-17-15;/h1-2,5-8,10,17H,3-4,9H2;1H. The summed E-state index contributed by atoms with van der Waals surface area (Å²) in [5.74, 6) is 0. The van der Waals surface area contributed by atoms with E-state index < -0.39 is 0 Å². The van der Waals surface area contributed by atoms with Crippen molar-refractivity contribution in [1.29, 1.82) is 0 Å². The van der Waals surface area contributed by atoms with Crippen molar-refractivity contribution in [3.63, 3.8) is 0 Å². The molecule has 0 aromatic heterocycles. The molecular weight excluding hydrogens is 265 g/mol. The third-order valence-corrected chi connectivity index (χ3v) is 3.56. The predicted octanol–water partition coefficient (Wildman–Crippen LogP) is 4.79. The van der Waals surface area contributed by atoms with Crippen molar-refractivity contribution < 1.29 is 0 Å². The van der Waals surface area contributed by atoms with Crippen LogP contribution < -0.4 is 5.32 Å². The molecule has 1 aliphatic rings. The number of hydrogen-bond acceptors (Lipinski definition) is 1. The average molecular weight is 280 g/mol. The summed E-state index contributed by atoms with van der Waals surface area (Å²) in [7, 11) is 0. The molecule has 0 saturated heterocycles. The van der Waals surface area contributed by atoms with Gasteiger partial charge in [0.2, 0.25) is 0 Å². The third-order valence-electron chi connectivity index (χ3n) is 3.23. The van der Waals surface area contributed by atoms with Crippen molar-refractivity contribution in [2.75, 3.05) is 11.9 Å². The minimum atomic E-state index is 0. The second-order valence-electron chi connectivity index (χ2n) is 4.38. The van der Waals surface area contributed by atoms with E-state index in [9.17, 15) is 0 Å². The summed E-state index contributed by atoms with van der Waals surface area (Å²) in [4.78, 5) is 0. The number of benzene rings is 2. The minimum absolute atomic E-state index is 0. The zero-order valence-electron chi connectivity index (χ0n) is 9.95. The molecule has 3 rings (SSSR count). The molecule has 0 atom stereocenters. The monoisotopic (exact) mass is 279 g/mol. The Bertz CT molecular complexity index is 552. The van der Waals surface area contributed by atoms with E-state index in [1.54, 1.807) is 0 Å². The number of fused-ring (bicyclic) bond motifs is 1. The first kappa shape index (κ1) is 13.3. The molecule has 0 bridgehead atoms. The normalized spacial score (nSPS) is 13.2. The van der Waals surface area contributed by atoms with Gasteiger partial charge in [-0.05, 0) is 42.2 Å². The van der Waals surface area contributed by atoms with Crippen LogP contribution in [0, 0.1) is 0 Å². The molecule has 1 N–H and O–H groups in total. The van der Waals surface area contributed by atoms with Crippen LogP contribution in [0.3, 0.4) is 0 Å². The van der Waals surface area contributed by atoms with Gasteiger partial charge in [-0.1, -0.05) is 35.9 Å². The van der Waals surface area contributed by atoms with Crippen LogP contribution in [0.5, 0.6) is 0 Å². The lowest BCUT2D eigenvalue weighted by Crippen LogP contribution is -2.11. The fourth-order valence-corrected chi connectivity index (χ4v) is 2.58. The Labute approximate surface area is 119 Å². The zero-order chi connectivity index (χ0) is 11.7. The number of aryl methyl sites for hydroxylation is 1. The fourth-order valence-electron chi connectivity index (χ4n) is 2.34. The number of anilines is 1. The van der Waals surface area contributed by atoms with E-state index in [2.05, 4.69) is 29.6 Å². The van der Waals surface area contributed by atoms with E-state index in [-0.39, 0.29) is 12.4 Å². The van der Waals surface area contributed by atoms with Crippen molar-refractivity contribution in [3.05, 3.63) is 53.1 Å². The van der Waals surface area contributed by atoms with Gasteiger partial charge in [-0.25, -0.2) is 0 Å². The van der Waals surface area contributed by atoms with Crippen LogP contribution in [0.2, 0.25) is 5.02 Å². The van der Waals surface area contributed by atoms with E-state index >= 15 is 0 Å². The SMILES string of the molecule is Cl.Clc1ccccc1-c1ccc2c(c1)CCCN2. The molecule has 0 spiro atoms. The number of halogens is 2. The number of nitrogens with one attached hydrogen (secondary N) is 1. The quantitative estimate of drug-likeness (QED) is 0.792. The Hall–Kier alpha value is -1.18. The van der Waals surface area contributed by atoms with Crippen LogP contribution in [0.1, 0.15) is 12.0 Å². The highest BCUT2D eigenvalue weighted by molar-refractivity contribution is 6.33. The fraction of sp³-hybridized carbons (Fsp3) is 0.200. The maximum atomic E-state index is 6.23. The molecule has 3 heteroatoms. The molecule has 0 aliphatic carbocycles. The Balaban J connectivity index is 0.00000120. The Morgan fingerprint density at radius 2 is 1.89 bits per heavy atom. The molecule has 2 aromatic carbocycles. The van der Waals surface area contributed by atoms with Crippen LogP contribution in [0.25, 0.3) is 11.1 Å². The van der Waals surface area contributed by atoms with Gasteiger partial charge in [0.05, 0.1) is 0 Å². The van der Waals surface area contributed by atoms with E-state index in [1.807, 2.05) is 18.2 Å². The van der Waals surface area contributed by atoms with Gasteiger partial charge in [0.15, 0.2) is 0 Å². The molecule has 94 valence electrons. The maximum Gasteiger partial charge on any atom is 0.0484 e. The molecule has 1 aliphatic heterocycles. The highest BCUT2D eigenvalue weighted by Crippen LogP contribution is 2.31. The maximum absolute atomic E-state index is 6.23. The molecule has 0 unspecified atom stereocenters. The lowest BCUT2D eigenvalue weighted by atomic mass is 9.97. The van der Waals surface area contributed by atoms with Crippen molar-refractivity contribution in [2.45, 2.75) is 12.8 Å². The van der Waals surface area contributed by atoms with Crippen molar-refractivity contribution in [2.24, 2.45) is 0 Å². The summed E-state index contributed by atoms with van der Waals surface area (Å²) in [6.45, 7) is 1.08. The van der Waals surface area contributed by atoms with Gasteiger partial charge in [-0.3, -0.25) is 0 Å². The van der Waals surface area contributed by atoms with Crippen molar-refractivity contribution >= 4 is 29.7 Å². The molecule has 1 heterocycles. The van der Waals surface area contributed by atoms with E-state index in [1.165, 1.54) is 23.2 Å². The largest absolute Gasteiger partial charge is 0.385 e. The van der Waals surface area contributed by atoms with E-state index in [0.717, 1.165) is 23.6 Å². The number of hydrogen-bond donors (Lipinski definition) is 1. The molecule has 0 fully saturated rings. The third kappa shape index (κ3) is 2.47. The zero-order valence-corrected chi connectivity index (χ0v) is 11.5. The van der Waals surface area contributed by atoms with Gasteiger partial charge >= 0.3 is 0 Å². The molecule has 2 aromatic rings. The van der Waals surface area contributed by atoms with Gasteiger partial charge in [-0.2, -0.15) is 0 Å². The van der Waals surface area contributed by atoms with Gasteiger partial charge in [0.25, 0.3) is 0 Å². The average Bonchev–Trinajstić information content (AvgIpc) is 2.39. The van der Waals surface area contributed by atoms with E-state index in [0.29, 0.717) is 0 Å². The van der Waals surface area contributed by atoms with Crippen LogP contribution in [0.4, 0.5) is 5.69 Å². The predicted molar refractivity (Wildman–Crippen MR) is 80.9 cm³/mol.